The van der Waals surface area contributed by atoms with E-state index < -0.39 is 23.8 Å². The van der Waals surface area contributed by atoms with E-state index in [9.17, 15) is 13.2 Å². The lowest BCUT2D eigenvalue weighted by Gasteiger charge is -2.34. The first-order valence-corrected chi connectivity index (χ1v) is 8.81. The standard InChI is InChI=1S/C19H17F3N6/c20-12-5-15(22)18-17(6-12)28(9-13-2-1-11(7-23)8-25-13)19(26-18)27-4-3-14(21)16(24)10-27/h1-2,5-6,8,14,16H,3-4,9-10,24H2/t14-,16-/m1/s1. The minimum atomic E-state index is -1.11. The summed E-state index contributed by atoms with van der Waals surface area (Å²) in [5.41, 5.74) is 7.16. The second-order valence-electron chi connectivity index (χ2n) is 6.82. The zero-order chi connectivity index (χ0) is 19.8. The van der Waals surface area contributed by atoms with Gasteiger partial charge in [0.2, 0.25) is 5.95 Å². The molecule has 28 heavy (non-hydrogen) atoms. The molecule has 1 aliphatic heterocycles. The molecule has 1 saturated heterocycles. The highest BCUT2D eigenvalue weighted by atomic mass is 19.1. The summed E-state index contributed by atoms with van der Waals surface area (Å²) in [5, 5.41) is 8.91. The summed E-state index contributed by atoms with van der Waals surface area (Å²) in [6.45, 7) is 0.768. The average Bonchev–Trinajstić information content (AvgIpc) is 3.03. The van der Waals surface area contributed by atoms with E-state index in [2.05, 4.69) is 9.97 Å². The molecule has 144 valence electrons. The second kappa shape index (κ2) is 7.13. The number of nitrogens with zero attached hydrogens (tertiary/aromatic N) is 5. The van der Waals surface area contributed by atoms with Crippen LogP contribution in [0.25, 0.3) is 11.0 Å². The van der Waals surface area contributed by atoms with E-state index in [0.29, 0.717) is 23.8 Å². The fourth-order valence-corrected chi connectivity index (χ4v) is 3.42. The van der Waals surface area contributed by atoms with E-state index in [4.69, 9.17) is 11.0 Å². The third-order valence-electron chi connectivity index (χ3n) is 4.88. The van der Waals surface area contributed by atoms with Crippen LogP contribution >= 0.6 is 0 Å². The first-order valence-electron chi connectivity index (χ1n) is 8.81. The van der Waals surface area contributed by atoms with Crippen LogP contribution in [0.5, 0.6) is 0 Å². The number of benzene rings is 1. The Bertz CT molecular complexity index is 1060. The van der Waals surface area contributed by atoms with Crippen molar-refractivity contribution >= 4 is 17.0 Å². The van der Waals surface area contributed by atoms with Gasteiger partial charge in [0.1, 0.15) is 23.6 Å². The maximum atomic E-state index is 14.3. The quantitative estimate of drug-likeness (QED) is 0.748. The van der Waals surface area contributed by atoms with Crippen molar-refractivity contribution in [2.24, 2.45) is 5.73 Å². The molecule has 4 rings (SSSR count). The number of imidazole rings is 1. The Kier molecular flexibility index (Phi) is 4.65. The number of rotatable bonds is 3. The first-order chi connectivity index (χ1) is 13.5. The van der Waals surface area contributed by atoms with Crippen molar-refractivity contribution in [3.05, 3.63) is 53.4 Å². The van der Waals surface area contributed by atoms with Crippen LogP contribution < -0.4 is 10.6 Å². The Morgan fingerprint density at radius 2 is 2.11 bits per heavy atom. The fourth-order valence-electron chi connectivity index (χ4n) is 3.42. The molecule has 1 aliphatic rings. The highest BCUT2D eigenvalue weighted by Crippen LogP contribution is 2.28. The number of nitrogens with two attached hydrogens (primary N) is 1. The van der Waals surface area contributed by atoms with Crippen LogP contribution in [-0.4, -0.2) is 39.8 Å². The van der Waals surface area contributed by atoms with Crippen molar-refractivity contribution in [1.82, 2.24) is 14.5 Å². The van der Waals surface area contributed by atoms with E-state index in [1.54, 1.807) is 21.6 Å². The van der Waals surface area contributed by atoms with Crippen molar-refractivity contribution in [2.45, 2.75) is 25.2 Å². The lowest BCUT2D eigenvalue weighted by molar-refractivity contribution is 0.243. The average molecular weight is 386 g/mol. The van der Waals surface area contributed by atoms with Gasteiger partial charge in [-0.1, -0.05) is 0 Å². The molecular formula is C19H17F3N6. The summed E-state index contributed by atoms with van der Waals surface area (Å²) in [7, 11) is 0. The number of pyridine rings is 1. The Balaban J connectivity index is 1.80. The van der Waals surface area contributed by atoms with Gasteiger partial charge in [-0.25, -0.2) is 18.2 Å². The number of halogens is 3. The van der Waals surface area contributed by atoms with Crippen molar-refractivity contribution in [2.75, 3.05) is 18.0 Å². The molecule has 3 heterocycles. The van der Waals surface area contributed by atoms with Gasteiger partial charge in [0.05, 0.1) is 29.4 Å². The Hall–Kier alpha value is -3.12. The fraction of sp³-hybridized carbons (Fsp3) is 0.316. The molecule has 0 aliphatic carbocycles. The van der Waals surface area contributed by atoms with Crippen LogP contribution in [0.2, 0.25) is 0 Å². The summed E-state index contributed by atoms with van der Waals surface area (Å²) < 4.78 is 43.6. The number of piperidine rings is 1. The lowest BCUT2D eigenvalue weighted by atomic mass is 10.1. The molecule has 0 unspecified atom stereocenters. The third kappa shape index (κ3) is 3.27. The summed E-state index contributed by atoms with van der Waals surface area (Å²) in [6, 6.07) is 6.58. The summed E-state index contributed by atoms with van der Waals surface area (Å²) >= 11 is 0. The lowest BCUT2D eigenvalue weighted by Crippen LogP contribution is -2.50. The molecule has 9 heteroatoms. The van der Waals surface area contributed by atoms with Gasteiger partial charge >= 0.3 is 0 Å². The topological polar surface area (TPSA) is 83.8 Å². The molecular weight excluding hydrogens is 369 g/mol. The first kappa shape index (κ1) is 18.3. The van der Waals surface area contributed by atoms with Crippen molar-refractivity contribution in [3.63, 3.8) is 0 Å². The highest BCUT2D eigenvalue weighted by molar-refractivity contribution is 5.80. The molecule has 0 saturated carbocycles. The van der Waals surface area contributed by atoms with Gasteiger partial charge in [-0.05, 0) is 18.6 Å². The van der Waals surface area contributed by atoms with E-state index in [1.807, 2.05) is 6.07 Å². The number of hydrogen-bond acceptors (Lipinski definition) is 5. The Morgan fingerprint density at radius 3 is 2.79 bits per heavy atom. The molecule has 0 amide bonds. The van der Waals surface area contributed by atoms with Crippen LogP contribution in [-0.2, 0) is 6.54 Å². The molecule has 3 aromatic rings. The van der Waals surface area contributed by atoms with E-state index in [0.717, 1.165) is 6.07 Å². The monoisotopic (exact) mass is 386 g/mol. The van der Waals surface area contributed by atoms with Crippen LogP contribution in [0, 0.1) is 23.0 Å². The molecule has 2 aromatic heterocycles. The van der Waals surface area contributed by atoms with Gasteiger partial charge in [-0.3, -0.25) is 4.98 Å². The maximum Gasteiger partial charge on any atom is 0.207 e. The molecule has 2 N–H and O–H groups in total. The molecule has 0 radical (unpaired) electrons. The SMILES string of the molecule is N#Cc1ccc(Cn2c(N3CC[C@@H](F)[C@H](N)C3)nc3c(F)cc(F)cc32)nc1. The van der Waals surface area contributed by atoms with Crippen LogP contribution in [0.1, 0.15) is 17.7 Å². The van der Waals surface area contributed by atoms with Gasteiger partial charge in [-0.15, -0.1) is 0 Å². The maximum absolute atomic E-state index is 14.3. The summed E-state index contributed by atoms with van der Waals surface area (Å²) in [5.74, 6) is -1.11. The van der Waals surface area contributed by atoms with E-state index in [1.165, 1.54) is 12.3 Å². The number of nitriles is 1. The number of hydrogen-bond donors (Lipinski definition) is 1. The van der Waals surface area contributed by atoms with Gasteiger partial charge < -0.3 is 15.2 Å². The smallest absolute Gasteiger partial charge is 0.207 e. The number of anilines is 1. The normalized spacial score (nSPS) is 19.8. The molecule has 1 aromatic carbocycles. The van der Waals surface area contributed by atoms with Gasteiger partial charge in [0.15, 0.2) is 5.82 Å². The third-order valence-corrected chi connectivity index (χ3v) is 4.88. The van der Waals surface area contributed by atoms with Crippen molar-refractivity contribution in [3.8, 4) is 6.07 Å². The van der Waals surface area contributed by atoms with E-state index >= 15 is 0 Å². The largest absolute Gasteiger partial charge is 0.340 e. The summed E-state index contributed by atoms with van der Waals surface area (Å²) in [6.07, 6.45) is 0.555. The molecule has 1 fully saturated rings. The zero-order valence-electron chi connectivity index (χ0n) is 14.8. The van der Waals surface area contributed by atoms with Crippen LogP contribution in [0.15, 0.2) is 30.5 Å². The molecule has 0 spiro atoms. The number of alkyl halides is 1. The van der Waals surface area contributed by atoms with Gasteiger partial charge in [0.25, 0.3) is 0 Å². The second-order valence-corrected chi connectivity index (χ2v) is 6.82. The Morgan fingerprint density at radius 1 is 1.29 bits per heavy atom. The minimum Gasteiger partial charge on any atom is -0.340 e. The van der Waals surface area contributed by atoms with Crippen molar-refractivity contribution < 1.29 is 13.2 Å². The predicted molar refractivity (Wildman–Crippen MR) is 97.4 cm³/mol. The number of aromatic nitrogens is 3. The van der Waals surface area contributed by atoms with Gasteiger partial charge in [0, 0.05) is 31.4 Å². The molecule has 2 atom stereocenters. The van der Waals surface area contributed by atoms with Gasteiger partial charge in [-0.2, -0.15) is 5.26 Å². The molecule has 6 nitrogen and oxygen atoms in total. The van der Waals surface area contributed by atoms with Crippen molar-refractivity contribution in [1.29, 1.82) is 5.26 Å². The minimum absolute atomic E-state index is 0.0287. The van der Waals surface area contributed by atoms with Crippen LogP contribution in [0.3, 0.4) is 0 Å². The Labute approximate surface area is 159 Å². The van der Waals surface area contributed by atoms with Crippen LogP contribution in [0.4, 0.5) is 19.1 Å². The number of fused-ring (bicyclic) bond motifs is 1. The summed E-state index contributed by atoms with van der Waals surface area (Å²) in [4.78, 5) is 10.4. The predicted octanol–water partition coefficient (Wildman–Crippen LogP) is 2.50. The zero-order valence-corrected chi connectivity index (χ0v) is 14.8. The highest BCUT2D eigenvalue weighted by Gasteiger charge is 2.30. The van der Waals surface area contributed by atoms with E-state index in [-0.39, 0.29) is 30.5 Å². The molecule has 0 bridgehead atoms.